The molecule has 0 saturated carbocycles. The summed E-state index contributed by atoms with van der Waals surface area (Å²) < 4.78 is 43.3. The summed E-state index contributed by atoms with van der Waals surface area (Å²) in [6.07, 6.45) is -4.60. The highest BCUT2D eigenvalue weighted by molar-refractivity contribution is 7.09. The van der Waals surface area contributed by atoms with E-state index in [1.807, 2.05) is 37.3 Å². The lowest BCUT2D eigenvalue weighted by Crippen LogP contribution is -2.39. The van der Waals surface area contributed by atoms with Gasteiger partial charge < -0.3 is 15.4 Å². The number of guanidine groups is 1. The number of aromatic nitrogens is 1. The average molecular weight is 386 g/mol. The van der Waals surface area contributed by atoms with Crippen molar-refractivity contribution in [1.82, 2.24) is 15.6 Å². The lowest BCUT2D eigenvalue weighted by Gasteiger charge is -2.18. The van der Waals surface area contributed by atoms with Crippen molar-refractivity contribution in [1.29, 1.82) is 0 Å². The molecule has 0 aliphatic heterocycles. The second kappa shape index (κ2) is 9.54. The Balaban J connectivity index is 1.99. The van der Waals surface area contributed by atoms with Gasteiger partial charge in [-0.25, -0.2) is 9.98 Å². The minimum atomic E-state index is -4.43. The first-order valence-corrected chi connectivity index (χ1v) is 8.93. The van der Waals surface area contributed by atoms with Crippen LogP contribution >= 0.6 is 11.3 Å². The molecule has 2 aromatic rings. The molecule has 1 heterocycles. The van der Waals surface area contributed by atoms with Gasteiger partial charge >= 0.3 is 6.18 Å². The number of nitrogens with zero attached hydrogens (tertiary/aromatic N) is 2. The summed E-state index contributed by atoms with van der Waals surface area (Å²) in [5.41, 5.74) is 0.141. The predicted molar refractivity (Wildman–Crippen MR) is 96.1 cm³/mol. The molecule has 0 spiro atoms. The van der Waals surface area contributed by atoms with Gasteiger partial charge in [0.05, 0.1) is 12.6 Å². The van der Waals surface area contributed by atoms with Crippen molar-refractivity contribution in [2.24, 2.45) is 4.99 Å². The van der Waals surface area contributed by atoms with Crippen LogP contribution in [0.5, 0.6) is 0 Å². The third kappa shape index (κ3) is 5.99. The summed E-state index contributed by atoms with van der Waals surface area (Å²) in [6.45, 7) is 3.07. The zero-order chi connectivity index (χ0) is 19.0. The number of halogens is 3. The van der Waals surface area contributed by atoms with Crippen LogP contribution in [0, 0.1) is 0 Å². The standard InChI is InChI=1S/C17H21F3N4OS/c1-3-21-16(22-9-13(25-2)12-7-5-4-6-8-12)23-10-15-24-14(11-26-15)17(18,19)20/h4-8,11,13H,3,9-10H2,1-2H3,(H2,21,22,23). The number of benzene rings is 1. The van der Waals surface area contributed by atoms with Crippen molar-refractivity contribution in [3.05, 3.63) is 52.0 Å². The van der Waals surface area contributed by atoms with Crippen molar-refractivity contribution in [3.8, 4) is 0 Å². The first-order valence-electron chi connectivity index (χ1n) is 8.05. The molecule has 2 N–H and O–H groups in total. The fraction of sp³-hybridized carbons (Fsp3) is 0.412. The van der Waals surface area contributed by atoms with Gasteiger partial charge in [0.1, 0.15) is 5.01 Å². The van der Waals surface area contributed by atoms with Gasteiger partial charge in [0.15, 0.2) is 11.7 Å². The second-order valence-corrected chi connectivity index (χ2v) is 6.28. The molecule has 5 nitrogen and oxygen atoms in total. The summed E-state index contributed by atoms with van der Waals surface area (Å²) >= 11 is 0.944. The van der Waals surface area contributed by atoms with Gasteiger partial charge in [-0.15, -0.1) is 11.3 Å². The maximum atomic E-state index is 12.6. The number of nitrogens with one attached hydrogen (secondary N) is 2. The number of thiazole rings is 1. The highest BCUT2D eigenvalue weighted by Gasteiger charge is 2.33. The van der Waals surface area contributed by atoms with E-state index >= 15 is 0 Å². The molecular formula is C17H21F3N4OS. The Morgan fingerprint density at radius 3 is 2.58 bits per heavy atom. The van der Waals surface area contributed by atoms with E-state index in [2.05, 4.69) is 20.6 Å². The van der Waals surface area contributed by atoms with Crippen molar-refractivity contribution >= 4 is 17.3 Å². The zero-order valence-corrected chi connectivity index (χ0v) is 15.3. The van der Waals surface area contributed by atoms with E-state index in [0.29, 0.717) is 24.1 Å². The molecule has 0 amide bonds. The molecule has 0 fully saturated rings. The predicted octanol–water partition coefficient (Wildman–Crippen LogP) is 3.60. The number of aliphatic imine (C=N–C) groups is 1. The average Bonchev–Trinajstić information content (AvgIpc) is 3.10. The highest BCUT2D eigenvalue weighted by atomic mass is 32.1. The minimum Gasteiger partial charge on any atom is -0.375 e. The van der Waals surface area contributed by atoms with Crippen LogP contribution in [0.1, 0.15) is 29.3 Å². The van der Waals surface area contributed by atoms with Gasteiger partial charge in [0.25, 0.3) is 0 Å². The number of methoxy groups -OCH3 is 1. The Labute approximate surface area is 154 Å². The van der Waals surface area contributed by atoms with Crippen LogP contribution in [0.25, 0.3) is 0 Å². The topological polar surface area (TPSA) is 58.5 Å². The number of rotatable bonds is 7. The Bertz CT molecular complexity index is 704. The zero-order valence-electron chi connectivity index (χ0n) is 14.5. The van der Waals surface area contributed by atoms with Crippen molar-refractivity contribution < 1.29 is 17.9 Å². The fourth-order valence-electron chi connectivity index (χ4n) is 2.20. The van der Waals surface area contributed by atoms with Gasteiger partial charge in [0, 0.05) is 25.6 Å². The maximum absolute atomic E-state index is 12.6. The van der Waals surface area contributed by atoms with E-state index < -0.39 is 11.9 Å². The van der Waals surface area contributed by atoms with Crippen LogP contribution in [0.4, 0.5) is 13.2 Å². The number of alkyl halides is 3. The van der Waals surface area contributed by atoms with E-state index in [1.54, 1.807) is 7.11 Å². The SMILES string of the molecule is CCNC(=NCc1nc(C(F)(F)F)cs1)NCC(OC)c1ccccc1. The van der Waals surface area contributed by atoms with E-state index in [-0.39, 0.29) is 12.6 Å². The van der Waals surface area contributed by atoms with Crippen LogP contribution in [-0.2, 0) is 17.5 Å². The molecule has 1 aromatic heterocycles. The third-order valence-corrected chi connectivity index (χ3v) is 4.30. The van der Waals surface area contributed by atoms with Crippen LogP contribution in [0.15, 0.2) is 40.7 Å². The fourth-order valence-corrected chi connectivity index (χ4v) is 2.92. The van der Waals surface area contributed by atoms with Gasteiger partial charge in [-0.05, 0) is 12.5 Å². The minimum absolute atomic E-state index is 0.0685. The first-order chi connectivity index (χ1) is 12.4. The molecule has 1 unspecified atom stereocenters. The summed E-state index contributed by atoms with van der Waals surface area (Å²) in [5, 5.41) is 7.51. The Hall–Kier alpha value is -2.13. The van der Waals surface area contributed by atoms with Crippen LogP contribution in [0.3, 0.4) is 0 Å². The Morgan fingerprint density at radius 1 is 1.27 bits per heavy atom. The molecule has 0 aliphatic rings. The molecule has 142 valence electrons. The number of hydrogen-bond donors (Lipinski definition) is 2. The van der Waals surface area contributed by atoms with Crippen LogP contribution < -0.4 is 10.6 Å². The lowest BCUT2D eigenvalue weighted by atomic mass is 10.1. The van der Waals surface area contributed by atoms with Gasteiger partial charge in [-0.2, -0.15) is 13.2 Å². The third-order valence-electron chi connectivity index (χ3n) is 3.47. The number of hydrogen-bond acceptors (Lipinski definition) is 4. The summed E-state index contributed by atoms with van der Waals surface area (Å²) in [7, 11) is 1.62. The summed E-state index contributed by atoms with van der Waals surface area (Å²) in [6, 6.07) is 9.73. The van der Waals surface area contributed by atoms with E-state index in [9.17, 15) is 13.2 Å². The highest BCUT2D eigenvalue weighted by Crippen LogP contribution is 2.30. The number of ether oxygens (including phenoxy) is 1. The molecule has 0 radical (unpaired) electrons. The van der Waals surface area contributed by atoms with Crippen LogP contribution in [-0.4, -0.2) is 31.1 Å². The van der Waals surface area contributed by atoms with E-state index in [0.717, 1.165) is 22.3 Å². The quantitative estimate of drug-likeness (QED) is 0.564. The Kier molecular flexibility index (Phi) is 7.40. The van der Waals surface area contributed by atoms with E-state index in [4.69, 9.17) is 4.74 Å². The normalized spacial score (nSPS) is 13.5. The summed E-state index contributed by atoms with van der Waals surface area (Å²) in [4.78, 5) is 7.88. The molecule has 0 bridgehead atoms. The monoisotopic (exact) mass is 386 g/mol. The maximum Gasteiger partial charge on any atom is 0.434 e. The van der Waals surface area contributed by atoms with Gasteiger partial charge in [0.2, 0.25) is 0 Å². The van der Waals surface area contributed by atoms with Crippen molar-refractivity contribution in [2.45, 2.75) is 25.7 Å². The van der Waals surface area contributed by atoms with Crippen LogP contribution in [0.2, 0.25) is 0 Å². The molecule has 0 saturated heterocycles. The van der Waals surface area contributed by atoms with Gasteiger partial charge in [-0.1, -0.05) is 30.3 Å². The molecule has 0 aliphatic carbocycles. The second-order valence-electron chi connectivity index (χ2n) is 5.34. The largest absolute Gasteiger partial charge is 0.434 e. The van der Waals surface area contributed by atoms with Crippen molar-refractivity contribution in [2.75, 3.05) is 20.2 Å². The molecular weight excluding hydrogens is 365 g/mol. The molecule has 2 rings (SSSR count). The summed E-state index contributed by atoms with van der Waals surface area (Å²) in [5.74, 6) is 0.495. The molecule has 26 heavy (non-hydrogen) atoms. The first kappa shape index (κ1) is 20.2. The molecule has 9 heteroatoms. The lowest BCUT2D eigenvalue weighted by molar-refractivity contribution is -0.140. The smallest absolute Gasteiger partial charge is 0.375 e. The molecule has 1 aromatic carbocycles. The van der Waals surface area contributed by atoms with Crippen molar-refractivity contribution in [3.63, 3.8) is 0 Å². The van der Waals surface area contributed by atoms with Gasteiger partial charge in [-0.3, -0.25) is 0 Å². The van der Waals surface area contributed by atoms with E-state index in [1.165, 1.54) is 0 Å². The molecule has 1 atom stereocenters. The Morgan fingerprint density at radius 2 is 2.00 bits per heavy atom.